The van der Waals surface area contributed by atoms with Crippen LogP contribution in [0.1, 0.15) is 17.0 Å². The molecular formula is C18H14IN3O2. The van der Waals surface area contributed by atoms with Crippen LogP contribution in [0.15, 0.2) is 42.6 Å². The summed E-state index contributed by atoms with van der Waals surface area (Å²) in [7, 11) is 3.16. The Balaban J connectivity index is 2.21. The molecule has 120 valence electrons. The van der Waals surface area contributed by atoms with Crippen molar-refractivity contribution < 1.29 is 9.47 Å². The fourth-order valence-electron chi connectivity index (χ4n) is 2.61. The number of benzene rings is 2. The van der Waals surface area contributed by atoms with Gasteiger partial charge in [0.25, 0.3) is 0 Å². The number of halogens is 1. The van der Waals surface area contributed by atoms with Crippen LogP contribution < -0.4 is 9.47 Å². The maximum absolute atomic E-state index is 9.73. The van der Waals surface area contributed by atoms with Crippen LogP contribution in [0.5, 0.6) is 11.5 Å². The Hall–Kier alpha value is -2.40. The average molecular weight is 431 g/mol. The summed E-state index contributed by atoms with van der Waals surface area (Å²) in [4.78, 5) is 0. The largest absolute Gasteiger partial charge is 0.493 e. The lowest BCUT2D eigenvalue weighted by Crippen LogP contribution is -2.02. The minimum atomic E-state index is -0.432. The van der Waals surface area contributed by atoms with Crippen molar-refractivity contribution in [2.24, 2.45) is 0 Å². The highest BCUT2D eigenvalue weighted by atomic mass is 127. The van der Waals surface area contributed by atoms with Gasteiger partial charge in [-0.25, -0.2) is 0 Å². The van der Waals surface area contributed by atoms with Crippen LogP contribution in [-0.4, -0.2) is 24.4 Å². The van der Waals surface area contributed by atoms with Crippen LogP contribution in [0.2, 0.25) is 0 Å². The molecule has 24 heavy (non-hydrogen) atoms. The highest BCUT2D eigenvalue weighted by molar-refractivity contribution is 14.1. The second-order valence-corrected chi connectivity index (χ2v) is 6.38. The van der Waals surface area contributed by atoms with Gasteiger partial charge in [0.2, 0.25) is 0 Å². The molecule has 3 rings (SSSR count). The van der Waals surface area contributed by atoms with E-state index in [2.05, 4.69) is 38.9 Å². The Morgan fingerprint density at radius 1 is 1.08 bits per heavy atom. The Labute approximate surface area is 153 Å². The first-order chi connectivity index (χ1) is 11.7. The molecule has 0 aliphatic rings. The maximum Gasteiger partial charge on any atom is 0.162 e. The van der Waals surface area contributed by atoms with Crippen molar-refractivity contribution in [2.45, 2.75) is 5.92 Å². The molecule has 1 atom stereocenters. The highest BCUT2D eigenvalue weighted by Gasteiger charge is 2.19. The number of nitriles is 1. The van der Waals surface area contributed by atoms with E-state index in [9.17, 15) is 5.26 Å². The first-order valence-corrected chi connectivity index (χ1v) is 8.28. The molecule has 3 aromatic rings. The van der Waals surface area contributed by atoms with Crippen molar-refractivity contribution in [1.29, 1.82) is 5.26 Å². The minimum Gasteiger partial charge on any atom is -0.493 e. The van der Waals surface area contributed by atoms with E-state index in [0.717, 1.165) is 20.1 Å². The van der Waals surface area contributed by atoms with Crippen molar-refractivity contribution in [3.8, 4) is 17.6 Å². The maximum atomic E-state index is 9.73. The van der Waals surface area contributed by atoms with Crippen LogP contribution in [0.25, 0.3) is 10.9 Å². The van der Waals surface area contributed by atoms with Crippen LogP contribution in [0, 0.1) is 14.9 Å². The molecule has 0 saturated carbocycles. The molecule has 0 amide bonds. The lowest BCUT2D eigenvalue weighted by atomic mass is 9.91. The summed E-state index contributed by atoms with van der Waals surface area (Å²) < 4.78 is 11.8. The third-order valence-corrected chi connectivity index (χ3v) is 4.54. The van der Waals surface area contributed by atoms with Crippen molar-refractivity contribution >= 4 is 33.5 Å². The van der Waals surface area contributed by atoms with Gasteiger partial charge < -0.3 is 9.47 Å². The molecule has 5 nitrogen and oxygen atoms in total. The smallest absolute Gasteiger partial charge is 0.162 e. The first kappa shape index (κ1) is 16.5. The van der Waals surface area contributed by atoms with Crippen molar-refractivity contribution in [3.63, 3.8) is 0 Å². The summed E-state index contributed by atoms with van der Waals surface area (Å²) in [6.45, 7) is 0. The molecule has 1 heterocycles. The molecule has 0 N–H and O–H groups in total. The lowest BCUT2D eigenvalue weighted by molar-refractivity contribution is 0.355. The van der Waals surface area contributed by atoms with Crippen LogP contribution in [-0.2, 0) is 0 Å². The monoisotopic (exact) mass is 431 g/mol. The normalized spacial score (nSPS) is 11.8. The minimum absolute atomic E-state index is 0.432. The Morgan fingerprint density at radius 3 is 2.38 bits per heavy atom. The van der Waals surface area contributed by atoms with Gasteiger partial charge in [-0.15, -0.1) is 0 Å². The second-order valence-electron chi connectivity index (χ2n) is 5.14. The fourth-order valence-corrected chi connectivity index (χ4v) is 2.97. The van der Waals surface area contributed by atoms with Crippen LogP contribution >= 0.6 is 22.6 Å². The standard InChI is InChI=1S/C18H14IN3O2/c1-23-17-7-13-15(10-21-22-16(13)8-18(17)24-2)14(9-20)11-3-5-12(19)6-4-11/h3-8,10,14H,1-2H3. The molecule has 0 saturated heterocycles. The molecule has 1 aromatic heterocycles. The van der Waals surface area contributed by atoms with E-state index in [1.54, 1.807) is 26.5 Å². The number of hydrogen-bond acceptors (Lipinski definition) is 5. The van der Waals surface area contributed by atoms with Gasteiger partial charge in [0.05, 0.1) is 37.9 Å². The zero-order valence-electron chi connectivity index (χ0n) is 13.2. The highest BCUT2D eigenvalue weighted by Crippen LogP contribution is 2.36. The molecule has 0 aliphatic heterocycles. The van der Waals surface area contributed by atoms with E-state index in [0.29, 0.717) is 17.0 Å². The van der Waals surface area contributed by atoms with Gasteiger partial charge >= 0.3 is 0 Å². The van der Waals surface area contributed by atoms with Gasteiger partial charge in [-0.3, -0.25) is 0 Å². The Kier molecular flexibility index (Phi) is 4.81. The van der Waals surface area contributed by atoms with Crippen molar-refractivity contribution in [2.75, 3.05) is 14.2 Å². The van der Waals surface area contributed by atoms with E-state index < -0.39 is 5.92 Å². The zero-order valence-corrected chi connectivity index (χ0v) is 15.3. The molecule has 1 unspecified atom stereocenters. The number of rotatable bonds is 4. The van der Waals surface area contributed by atoms with Gasteiger partial charge in [-0.2, -0.15) is 15.5 Å². The zero-order chi connectivity index (χ0) is 17.1. The van der Waals surface area contributed by atoms with Gasteiger partial charge in [0.1, 0.15) is 0 Å². The summed E-state index contributed by atoms with van der Waals surface area (Å²) in [5, 5.41) is 18.8. The number of hydrogen-bond donors (Lipinski definition) is 0. The van der Waals surface area contributed by atoms with Gasteiger partial charge in [0, 0.05) is 20.6 Å². The third kappa shape index (κ3) is 2.99. The molecule has 6 heteroatoms. The number of ether oxygens (including phenoxy) is 2. The van der Waals surface area contributed by atoms with Crippen molar-refractivity contribution in [3.05, 3.63) is 57.3 Å². The molecule has 2 aromatic carbocycles. The predicted molar refractivity (Wildman–Crippen MR) is 99.3 cm³/mol. The quantitative estimate of drug-likeness (QED) is 0.587. The molecular weight excluding hydrogens is 417 g/mol. The lowest BCUT2D eigenvalue weighted by Gasteiger charge is -2.14. The summed E-state index contributed by atoms with van der Waals surface area (Å²) in [5.74, 6) is 0.746. The fraction of sp³-hybridized carbons (Fsp3) is 0.167. The first-order valence-electron chi connectivity index (χ1n) is 7.20. The number of nitrogens with zero attached hydrogens (tertiary/aromatic N) is 3. The van der Waals surface area contributed by atoms with Gasteiger partial charge in [-0.1, -0.05) is 12.1 Å². The summed E-state index contributed by atoms with van der Waals surface area (Å²) >= 11 is 2.24. The van der Waals surface area contributed by atoms with E-state index >= 15 is 0 Å². The number of aromatic nitrogens is 2. The summed E-state index contributed by atoms with van der Waals surface area (Å²) in [6, 6.07) is 13.9. The molecule has 0 radical (unpaired) electrons. The summed E-state index contributed by atoms with van der Waals surface area (Å²) in [6.07, 6.45) is 1.64. The SMILES string of the molecule is COc1cc2nncc(C(C#N)c3ccc(I)cc3)c2cc1OC. The predicted octanol–water partition coefficient (Wildman–Crippen LogP) is 3.91. The molecule has 0 bridgehead atoms. The second kappa shape index (κ2) is 7.01. The van der Waals surface area contributed by atoms with Crippen LogP contribution in [0.4, 0.5) is 0 Å². The van der Waals surface area contributed by atoms with E-state index in [4.69, 9.17) is 9.47 Å². The average Bonchev–Trinajstić information content (AvgIpc) is 2.62. The number of methoxy groups -OCH3 is 2. The van der Waals surface area contributed by atoms with E-state index in [1.165, 1.54) is 0 Å². The van der Waals surface area contributed by atoms with E-state index in [-0.39, 0.29) is 0 Å². The molecule has 0 aliphatic carbocycles. The van der Waals surface area contributed by atoms with E-state index in [1.807, 2.05) is 30.3 Å². The third-order valence-electron chi connectivity index (χ3n) is 3.82. The number of fused-ring (bicyclic) bond motifs is 1. The molecule has 0 spiro atoms. The van der Waals surface area contributed by atoms with Crippen LogP contribution in [0.3, 0.4) is 0 Å². The Bertz CT molecular complexity index is 920. The summed E-state index contributed by atoms with van der Waals surface area (Å²) in [5.41, 5.74) is 2.38. The molecule has 0 fully saturated rings. The topological polar surface area (TPSA) is 68.0 Å². The Morgan fingerprint density at radius 2 is 1.75 bits per heavy atom. The van der Waals surface area contributed by atoms with Crippen molar-refractivity contribution in [1.82, 2.24) is 10.2 Å². The van der Waals surface area contributed by atoms with Gasteiger partial charge in [0.15, 0.2) is 11.5 Å². The van der Waals surface area contributed by atoms with Gasteiger partial charge in [-0.05, 0) is 46.4 Å².